The van der Waals surface area contributed by atoms with Crippen LogP contribution < -0.4 is 5.32 Å². The van der Waals surface area contributed by atoms with Gasteiger partial charge in [-0.15, -0.1) is 0 Å². The number of amides is 2. The minimum absolute atomic E-state index is 0.0333. The molecule has 1 N–H and O–H groups in total. The van der Waals surface area contributed by atoms with E-state index < -0.39 is 0 Å². The molecule has 0 bridgehead atoms. The Bertz CT molecular complexity index is 431. The normalized spacial score (nSPS) is 19.4. The lowest BCUT2D eigenvalue weighted by atomic mass is 10.0. The Labute approximate surface area is 107 Å². The van der Waals surface area contributed by atoms with Crippen molar-refractivity contribution >= 4 is 11.8 Å². The molecule has 2 rings (SSSR count). The largest absolute Gasteiger partial charge is 0.352 e. The zero-order valence-corrected chi connectivity index (χ0v) is 10.6. The van der Waals surface area contributed by atoms with Crippen molar-refractivity contribution in [2.24, 2.45) is 0 Å². The summed E-state index contributed by atoms with van der Waals surface area (Å²) in [4.78, 5) is 25.1. The Kier molecular flexibility index (Phi) is 3.97. The summed E-state index contributed by atoms with van der Waals surface area (Å²) in [6.45, 7) is 2.88. The molecule has 1 aromatic rings. The monoisotopic (exact) mass is 246 g/mol. The second-order valence-corrected chi connectivity index (χ2v) is 4.66. The minimum Gasteiger partial charge on any atom is -0.352 e. The molecular weight excluding hydrogens is 228 g/mol. The molecule has 1 unspecified atom stereocenters. The lowest BCUT2D eigenvalue weighted by Gasteiger charge is -2.33. The lowest BCUT2D eigenvalue weighted by Crippen LogP contribution is -2.49. The first kappa shape index (κ1) is 12.6. The van der Waals surface area contributed by atoms with E-state index in [1.165, 1.54) is 6.92 Å². The van der Waals surface area contributed by atoms with Crippen molar-refractivity contribution in [3.8, 4) is 0 Å². The van der Waals surface area contributed by atoms with Crippen LogP contribution in [0, 0.1) is 0 Å². The molecular formula is C14H18N2O2. The maximum Gasteiger partial charge on any atom is 0.253 e. The summed E-state index contributed by atoms with van der Waals surface area (Å²) in [6, 6.07) is 9.36. The standard InChI is InChI=1S/C14H18N2O2/c1-11(17)15-13-8-5-9-16(10-13)14(18)12-6-3-2-4-7-12/h2-4,6-7,13H,5,8-10H2,1H3,(H,15,17). The van der Waals surface area contributed by atoms with E-state index in [9.17, 15) is 9.59 Å². The SMILES string of the molecule is CC(=O)NC1CCCN(C(=O)c2ccccc2)C1. The van der Waals surface area contributed by atoms with Crippen molar-refractivity contribution < 1.29 is 9.59 Å². The van der Waals surface area contributed by atoms with Gasteiger partial charge in [0.1, 0.15) is 0 Å². The Hall–Kier alpha value is -1.84. The first-order chi connectivity index (χ1) is 8.66. The molecule has 1 saturated heterocycles. The van der Waals surface area contributed by atoms with Gasteiger partial charge in [0, 0.05) is 31.6 Å². The van der Waals surface area contributed by atoms with Crippen molar-refractivity contribution in [3.63, 3.8) is 0 Å². The highest BCUT2D eigenvalue weighted by molar-refractivity contribution is 5.94. The fourth-order valence-electron chi connectivity index (χ4n) is 2.33. The van der Waals surface area contributed by atoms with Crippen LogP contribution in [-0.2, 0) is 4.79 Å². The third-order valence-corrected chi connectivity index (χ3v) is 3.14. The fourth-order valence-corrected chi connectivity index (χ4v) is 2.33. The number of nitrogens with zero attached hydrogens (tertiary/aromatic N) is 1. The summed E-state index contributed by atoms with van der Waals surface area (Å²) in [7, 11) is 0. The van der Waals surface area contributed by atoms with Crippen LogP contribution in [0.3, 0.4) is 0 Å². The third kappa shape index (κ3) is 3.09. The molecule has 1 fully saturated rings. The molecule has 18 heavy (non-hydrogen) atoms. The molecule has 2 amide bonds. The summed E-state index contributed by atoms with van der Waals surface area (Å²) < 4.78 is 0. The van der Waals surface area contributed by atoms with E-state index in [2.05, 4.69) is 5.32 Å². The highest BCUT2D eigenvalue weighted by Gasteiger charge is 2.24. The highest BCUT2D eigenvalue weighted by atomic mass is 16.2. The number of carbonyl (C=O) groups excluding carboxylic acids is 2. The van der Waals surface area contributed by atoms with Gasteiger partial charge in [0.15, 0.2) is 0 Å². The molecule has 0 aliphatic carbocycles. The molecule has 0 aromatic heterocycles. The van der Waals surface area contributed by atoms with Crippen LogP contribution in [0.1, 0.15) is 30.1 Å². The number of rotatable bonds is 2. The van der Waals surface area contributed by atoms with E-state index >= 15 is 0 Å². The van der Waals surface area contributed by atoms with Gasteiger partial charge < -0.3 is 10.2 Å². The Balaban J connectivity index is 2.00. The van der Waals surface area contributed by atoms with Gasteiger partial charge in [-0.3, -0.25) is 9.59 Å². The van der Waals surface area contributed by atoms with Crippen LogP contribution >= 0.6 is 0 Å². The average Bonchev–Trinajstić information content (AvgIpc) is 2.38. The molecule has 1 aliphatic heterocycles. The summed E-state index contributed by atoms with van der Waals surface area (Å²) >= 11 is 0. The number of hydrogen-bond acceptors (Lipinski definition) is 2. The van der Waals surface area contributed by atoms with Crippen molar-refractivity contribution in [1.82, 2.24) is 10.2 Å². The van der Waals surface area contributed by atoms with Gasteiger partial charge >= 0.3 is 0 Å². The quantitative estimate of drug-likeness (QED) is 0.858. The van der Waals surface area contributed by atoms with Crippen LogP contribution in [-0.4, -0.2) is 35.8 Å². The van der Waals surface area contributed by atoms with E-state index in [4.69, 9.17) is 0 Å². The number of likely N-dealkylation sites (tertiary alicyclic amines) is 1. The summed E-state index contributed by atoms with van der Waals surface area (Å²) in [6.07, 6.45) is 1.88. The van der Waals surface area contributed by atoms with Crippen LogP contribution in [0.2, 0.25) is 0 Å². The van der Waals surface area contributed by atoms with Crippen molar-refractivity contribution in [3.05, 3.63) is 35.9 Å². The molecule has 1 heterocycles. The highest BCUT2D eigenvalue weighted by Crippen LogP contribution is 2.13. The van der Waals surface area contributed by atoms with Crippen LogP contribution in [0.25, 0.3) is 0 Å². The number of benzene rings is 1. The molecule has 0 saturated carbocycles. The first-order valence-corrected chi connectivity index (χ1v) is 6.28. The van der Waals surface area contributed by atoms with Gasteiger partial charge in [-0.2, -0.15) is 0 Å². The zero-order valence-electron chi connectivity index (χ0n) is 10.6. The summed E-state index contributed by atoms with van der Waals surface area (Å²) in [5.74, 6) is 0.0136. The van der Waals surface area contributed by atoms with E-state index in [0.717, 1.165) is 19.4 Å². The van der Waals surface area contributed by atoms with Crippen LogP contribution in [0.5, 0.6) is 0 Å². The molecule has 4 heteroatoms. The summed E-state index contributed by atoms with van der Waals surface area (Å²) in [5.41, 5.74) is 0.709. The molecule has 1 aliphatic rings. The zero-order chi connectivity index (χ0) is 13.0. The Morgan fingerprint density at radius 2 is 2.00 bits per heavy atom. The number of piperidine rings is 1. The molecule has 4 nitrogen and oxygen atoms in total. The van der Waals surface area contributed by atoms with E-state index in [-0.39, 0.29) is 17.9 Å². The molecule has 1 aromatic carbocycles. The average molecular weight is 246 g/mol. The van der Waals surface area contributed by atoms with E-state index in [1.54, 1.807) is 0 Å². The van der Waals surface area contributed by atoms with Gasteiger partial charge in [-0.05, 0) is 25.0 Å². The topological polar surface area (TPSA) is 49.4 Å². The molecule has 1 atom stereocenters. The molecule has 0 spiro atoms. The first-order valence-electron chi connectivity index (χ1n) is 6.28. The third-order valence-electron chi connectivity index (χ3n) is 3.14. The molecule has 96 valence electrons. The van der Waals surface area contributed by atoms with Crippen molar-refractivity contribution in [2.45, 2.75) is 25.8 Å². The maximum atomic E-state index is 12.2. The van der Waals surface area contributed by atoms with Gasteiger partial charge in [0.25, 0.3) is 5.91 Å². The van der Waals surface area contributed by atoms with E-state index in [0.29, 0.717) is 12.1 Å². The van der Waals surface area contributed by atoms with E-state index in [1.807, 2.05) is 35.2 Å². The lowest BCUT2D eigenvalue weighted by molar-refractivity contribution is -0.120. The minimum atomic E-state index is -0.0333. The van der Waals surface area contributed by atoms with Gasteiger partial charge in [-0.1, -0.05) is 18.2 Å². The number of hydrogen-bond donors (Lipinski definition) is 1. The fraction of sp³-hybridized carbons (Fsp3) is 0.429. The maximum absolute atomic E-state index is 12.2. The van der Waals surface area contributed by atoms with Crippen LogP contribution in [0.4, 0.5) is 0 Å². The van der Waals surface area contributed by atoms with Crippen molar-refractivity contribution in [2.75, 3.05) is 13.1 Å². The second kappa shape index (κ2) is 5.67. The second-order valence-electron chi connectivity index (χ2n) is 4.66. The predicted molar refractivity (Wildman–Crippen MR) is 69.2 cm³/mol. The molecule has 0 radical (unpaired) electrons. The Morgan fingerprint density at radius 1 is 1.28 bits per heavy atom. The predicted octanol–water partition coefficient (Wildman–Crippen LogP) is 1.43. The number of carbonyl (C=O) groups is 2. The Morgan fingerprint density at radius 3 is 2.67 bits per heavy atom. The van der Waals surface area contributed by atoms with Gasteiger partial charge in [0.2, 0.25) is 5.91 Å². The summed E-state index contributed by atoms with van der Waals surface area (Å²) in [5, 5.41) is 2.89. The number of nitrogens with one attached hydrogen (secondary N) is 1. The van der Waals surface area contributed by atoms with Gasteiger partial charge in [-0.25, -0.2) is 0 Å². The smallest absolute Gasteiger partial charge is 0.253 e. The van der Waals surface area contributed by atoms with Crippen molar-refractivity contribution in [1.29, 1.82) is 0 Å². The van der Waals surface area contributed by atoms with Crippen LogP contribution in [0.15, 0.2) is 30.3 Å². The van der Waals surface area contributed by atoms with Gasteiger partial charge in [0.05, 0.1) is 0 Å².